The Morgan fingerprint density at radius 3 is 2.71 bits per heavy atom. The van der Waals surface area contributed by atoms with E-state index in [1.165, 1.54) is 0 Å². The summed E-state index contributed by atoms with van der Waals surface area (Å²) in [4.78, 5) is 0.263. The average molecular weight is 308 g/mol. The van der Waals surface area contributed by atoms with Crippen LogP contribution in [0.25, 0.3) is 0 Å². The van der Waals surface area contributed by atoms with Gasteiger partial charge >= 0.3 is 0 Å². The second-order valence-electron chi connectivity index (χ2n) is 4.77. The maximum atomic E-state index is 12.2. The maximum Gasteiger partial charge on any atom is 0.242 e. The summed E-state index contributed by atoms with van der Waals surface area (Å²) in [6.07, 6.45) is 3.59. The van der Waals surface area contributed by atoms with Crippen LogP contribution in [-0.4, -0.2) is 30.8 Å². The second-order valence-corrected chi connectivity index (χ2v) is 6.51. The van der Waals surface area contributed by atoms with Gasteiger partial charge in [0.2, 0.25) is 10.0 Å². The fourth-order valence-electron chi connectivity index (χ4n) is 2.09. The van der Waals surface area contributed by atoms with Crippen LogP contribution < -0.4 is 10.0 Å². The Bertz CT molecular complexity index is 668. The predicted molar refractivity (Wildman–Crippen MR) is 82.6 cm³/mol. The minimum absolute atomic E-state index is 0.0443. The monoisotopic (exact) mass is 308 g/mol. The van der Waals surface area contributed by atoms with Gasteiger partial charge in [-0.2, -0.15) is 5.10 Å². The molecule has 0 fully saturated rings. The maximum absolute atomic E-state index is 12.2. The molecule has 0 radical (unpaired) electrons. The van der Waals surface area contributed by atoms with E-state index in [9.17, 15) is 8.42 Å². The molecule has 21 heavy (non-hydrogen) atoms. The van der Waals surface area contributed by atoms with Crippen LogP contribution in [-0.2, 0) is 16.6 Å². The van der Waals surface area contributed by atoms with Crippen LogP contribution in [0.2, 0.25) is 0 Å². The Balaban J connectivity index is 2.17. The van der Waals surface area contributed by atoms with Crippen molar-refractivity contribution in [2.24, 2.45) is 0 Å². The normalized spacial score (nSPS) is 13.0. The summed E-state index contributed by atoms with van der Waals surface area (Å²) in [6.45, 7) is 4.76. The third kappa shape index (κ3) is 4.05. The molecule has 2 N–H and O–H groups in total. The van der Waals surface area contributed by atoms with E-state index in [-0.39, 0.29) is 10.9 Å². The Hall–Kier alpha value is -1.86. The van der Waals surface area contributed by atoms with Crippen LogP contribution >= 0.6 is 0 Å². The van der Waals surface area contributed by atoms with Crippen molar-refractivity contribution in [3.8, 4) is 0 Å². The van der Waals surface area contributed by atoms with Crippen LogP contribution in [0.1, 0.15) is 13.8 Å². The van der Waals surface area contributed by atoms with Gasteiger partial charge in [-0.1, -0.05) is 19.1 Å². The van der Waals surface area contributed by atoms with E-state index >= 15 is 0 Å². The van der Waals surface area contributed by atoms with Crippen molar-refractivity contribution in [1.29, 1.82) is 0 Å². The van der Waals surface area contributed by atoms with Crippen LogP contribution in [0.5, 0.6) is 0 Å². The van der Waals surface area contributed by atoms with E-state index in [1.807, 2.05) is 25.3 Å². The number of rotatable bonds is 7. The zero-order valence-electron chi connectivity index (χ0n) is 12.2. The topological polar surface area (TPSA) is 76.0 Å². The summed E-state index contributed by atoms with van der Waals surface area (Å²) >= 11 is 0. The van der Waals surface area contributed by atoms with Gasteiger partial charge in [0.25, 0.3) is 0 Å². The summed E-state index contributed by atoms with van der Waals surface area (Å²) in [5.74, 6) is 0. The molecule has 7 heteroatoms. The number of anilines is 1. The SMILES string of the molecule is CCNS(=O)(=O)c1ccccc1NC(C)Cn1cccn1. The van der Waals surface area contributed by atoms with E-state index in [0.717, 1.165) is 0 Å². The first kappa shape index (κ1) is 15.5. The first-order chi connectivity index (χ1) is 10.0. The molecule has 0 saturated heterocycles. The summed E-state index contributed by atoms with van der Waals surface area (Å²) in [6, 6.07) is 8.80. The van der Waals surface area contributed by atoms with Crippen LogP contribution in [0.15, 0.2) is 47.6 Å². The average Bonchev–Trinajstić information content (AvgIpc) is 2.91. The van der Waals surface area contributed by atoms with Crippen molar-refractivity contribution < 1.29 is 8.42 Å². The van der Waals surface area contributed by atoms with Gasteiger partial charge in [-0.3, -0.25) is 4.68 Å². The summed E-state index contributed by atoms with van der Waals surface area (Å²) in [5, 5.41) is 7.38. The molecule has 2 aromatic rings. The fourth-order valence-corrected chi connectivity index (χ4v) is 3.30. The molecule has 2 rings (SSSR count). The van der Waals surface area contributed by atoms with Crippen molar-refractivity contribution in [3.63, 3.8) is 0 Å². The van der Waals surface area contributed by atoms with Crippen molar-refractivity contribution in [3.05, 3.63) is 42.7 Å². The molecule has 0 amide bonds. The number of nitrogens with zero attached hydrogens (tertiary/aromatic N) is 2. The lowest BCUT2D eigenvalue weighted by Crippen LogP contribution is -2.27. The molecule has 0 bridgehead atoms. The highest BCUT2D eigenvalue weighted by Gasteiger charge is 2.18. The molecular formula is C14H20N4O2S. The fraction of sp³-hybridized carbons (Fsp3) is 0.357. The third-order valence-electron chi connectivity index (χ3n) is 2.93. The van der Waals surface area contributed by atoms with E-state index in [2.05, 4.69) is 15.1 Å². The number of aromatic nitrogens is 2. The Morgan fingerprint density at radius 1 is 1.29 bits per heavy atom. The standard InChI is InChI=1S/C14H20N4O2S/c1-3-16-21(19,20)14-8-5-4-7-13(14)17-12(2)11-18-10-6-9-15-18/h4-10,12,16-17H,3,11H2,1-2H3. The molecule has 1 aromatic carbocycles. The Kier molecular flexibility index (Phi) is 4.98. The van der Waals surface area contributed by atoms with Crippen LogP contribution in [0.4, 0.5) is 5.69 Å². The van der Waals surface area contributed by atoms with Crippen molar-refractivity contribution in [1.82, 2.24) is 14.5 Å². The number of sulfonamides is 1. The first-order valence-electron chi connectivity index (χ1n) is 6.85. The molecule has 1 unspecified atom stereocenters. The largest absolute Gasteiger partial charge is 0.380 e. The second kappa shape index (κ2) is 6.73. The van der Waals surface area contributed by atoms with Gasteiger partial charge in [0, 0.05) is 25.0 Å². The number of benzene rings is 1. The number of nitrogens with one attached hydrogen (secondary N) is 2. The third-order valence-corrected chi connectivity index (χ3v) is 4.54. The molecule has 0 aliphatic heterocycles. The summed E-state index contributed by atoms with van der Waals surface area (Å²) < 4.78 is 28.7. The molecule has 1 heterocycles. The molecule has 1 aromatic heterocycles. The van der Waals surface area contributed by atoms with E-state index in [4.69, 9.17) is 0 Å². The van der Waals surface area contributed by atoms with E-state index in [1.54, 1.807) is 36.0 Å². The smallest absolute Gasteiger partial charge is 0.242 e. The highest BCUT2D eigenvalue weighted by Crippen LogP contribution is 2.21. The summed E-state index contributed by atoms with van der Waals surface area (Å²) in [5.41, 5.74) is 0.595. The van der Waals surface area contributed by atoms with Crippen LogP contribution in [0.3, 0.4) is 0 Å². The Morgan fingerprint density at radius 2 is 2.05 bits per heavy atom. The minimum atomic E-state index is -3.48. The lowest BCUT2D eigenvalue weighted by Gasteiger charge is -2.18. The minimum Gasteiger partial charge on any atom is -0.380 e. The van der Waals surface area contributed by atoms with Gasteiger partial charge in [0.05, 0.1) is 12.2 Å². The van der Waals surface area contributed by atoms with Gasteiger partial charge in [0.15, 0.2) is 0 Å². The molecule has 0 aliphatic rings. The van der Waals surface area contributed by atoms with Gasteiger partial charge in [-0.15, -0.1) is 0 Å². The molecule has 0 spiro atoms. The van der Waals surface area contributed by atoms with Crippen molar-refractivity contribution in [2.75, 3.05) is 11.9 Å². The van der Waals surface area contributed by atoms with Gasteiger partial charge < -0.3 is 5.32 Å². The van der Waals surface area contributed by atoms with E-state index < -0.39 is 10.0 Å². The van der Waals surface area contributed by atoms with Crippen molar-refractivity contribution >= 4 is 15.7 Å². The van der Waals surface area contributed by atoms with Gasteiger partial charge in [0.1, 0.15) is 4.90 Å². The van der Waals surface area contributed by atoms with Crippen LogP contribution in [0, 0.1) is 0 Å². The van der Waals surface area contributed by atoms with Gasteiger partial charge in [-0.05, 0) is 25.1 Å². The molecule has 0 saturated carbocycles. The molecule has 1 atom stereocenters. The first-order valence-corrected chi connectivity index (χ1v) is 8.34. The molecular weight excluding hydrogens is 288 g/mol. The quantitative estimate of drug-likeness (QED) is 0.816. The zero-order valence-corrected chi connectivity index (χ0v) is 13.0. The predicted octanol–water partition coefficient (Wildman–Crippen LogP) is 1.68. The number of hydrogen-bond donors (Lipinski definition) is 2. The van der Waals surface area contributed by atoms with Crippen molar-refractivity contribution in [2.45, 2.75) is 31.3 Å². The molecule has 114 valence electrons. The lowest BCUT2D eigenvalue weighted by atomic mass is 10.2. The Labute approximate surface area is 125 Å². The zero-order chi connectivity index (χ0) is 15.3. The lowest BCUT2D eigenvalue weighted by molar-refractivity contribution is 0.559. The molecule has 0 aliphatic carbocycles. The van der Waals surface area contributed by atoms with Gasteiger partial charge in [-0.25, -0.2) is 13.1 Å². The highest BCUT2D eigenvalue weighted by molar-refractivity contribution is 7.89. The number of para-hydroxylation sites is 1. The van der Waals surface area contributed by atoms with E-state index in [0.29, 0.717) is 18.8 Å². The molecule has 6 nitrogen and oxygen atoms in total. The summed E-state index contributed by atoms with van der Waals surface area (Å²) in [7, 11) is -3.48. The highest BCUT2D eigenvalue weighted by atomic mass is 32.2. The number of hydrogen-bond acceptors (Lipinski definition) is 4.